The van der Waals surface area contributed by atoms with Crippen LogP contribution in [0.5, 0.6) is 0 Å². The zero-order valence-electron chi connectivity index (χ0n) is 6.16. The summed E-state index contributed by atoms with van der Waals surface area (Å²) in [6.45, 7) is 0. The van der Waals surface area contributed by atoms with E-state index in [0.29, 0.717) is 11.8 Å². The molecular weight excluding hydrogens is 126 g/mol. The fourth-order valence-electron chi connectivity index (χ4n) is 2.46. The first-order valence-corrected chi connectivity index (χ1v) is 4.22. The number of fused-ring (bicyclic) bond motifs is 3. The van der Waals surface area contributed by atoms with Crippen LogP contribution in [0.4, 0.5) is 0 Å². The summed E-state index contributed by atoms with van der Waals surface area (Å²) in [7, 11) is 0. The third-order valence-electron chi connectivity index (χ3n) is 3.24. The largest absolute Gasteiger partial charge is 0.391 e. The molecule has 0 aromatic heterocycles. The fourth-order valence-corrected chi connectivity index (χ4v) is 2.46. The predicted octanol–water partition coefficient (Wildman–Crippen LogP) is 0.495. The summed E-state index contributed by atoms with van der Waals surface area (Å²) in [5, 5.41) is 9.54. The minimum Gasteiger partial charge on any atom is -0.391 e. The van der Waals surface area contributed by atoms with E-state index in [0.717, 1.165) is 0 Å². The molecule has 2 nitrogen and oxygen atoms in total. The lowest BCUT2D eigenvalue weighted by molar-refractivity contribution is -0.0176. The van der Waals surface area contributed by atoms with Crippen LogP contribution >= 0.6 is 0 Å². The Morgan fingerprint density at radius 3 is 1.80 bits per heavy atom. The lowest BCUT2D eigenvalue weighted by Gasteiger charge is -2.44. The van der Waals surface area contributed by atoms with Crippen molar-refractivity contribution in [2.45, 2.75) is 37.8 Å². The molecule has 3 aliphatic rings. The number of nitrogens with two attached hydrogens (primary N) is 1. The Morgan fingerprint density at radius 2 is 1.50 bits per heavy atom. The van der Waals surface area contributed by atoms with E-state index < -0.39 is 0 Å². The molecule has 0 aromatic rings. The quantitative estimate of drug-likeness (QED) is 0.516. The Morgan fingerprint density at radius 1 is 1.00 bits per heavy atom. The first kappa shape index (κ1) is 6.62. The lowest BCUT2D eigenvalue weighted by Crippen LogP contribution is -2.52. The van der Waals surface area contributed by atoms with E-state index in [-0.39, 0.29) is 12.1 Å². The van der Waals surface area contributed by atoms with Gasteiger partial charge in [-0.05, 0) is 37.5 Å². The molecule has 3 fully saturated rings. The van der Waals surface area contributed by atoms with Crippen molar-refractivity contribution < 1.29 is 5.11 Å². The standard InChI is InChI=1S/C8H15NO/c9-7-5-1-3-6(4-2-5)8(7)10/h5-8,10H,1-4,9H2. The SMILES string of the molecule is NC1C2CCC(CC2)C1O. The number of hydrogen-bond donors (Lipinski definition) is 2. The summed E-state index contributed by atoms with van der Waals surface area (Å²) < 4.78 is 0. The molecule has 0 aromatic carbocycles. The van der Waals surface area contributed by atoms with E-state index >= 15 is 0 Å². The van der Waals surface area contributed by atoms with Crippen LogP contribution in [0.2, 0.25) is 0 Å². The highest BCUT2D eigenvalue weighted by Crippen LogP contribution is 2.40. The molecule has 0 radical (unpaired) electrons. The number of aliphatic hydroxyl groups excluding tert-OH is 1. The van der Waals surface area contributed by atoms with Crippen LogP contribution in [-0.2, 0) is 0 Å². The summed E-state index contributed by atoms with van der Waals surface area (Å²) >= 11 is 0. The van der Waals surface area contributed by atoms with Crippen LogP contribution in [0.25, 0.3) is 0 Å². The topological polar surface area (TPSA) is 46.2 Å². The summed E-state index contributed by atoms with van der Waals surface area (Å²) in [4.78, 5) is 0. The van der Waals surface area contributed by atoms with Crippen molar-refractivity contribution in [3.8, 4) is 0 Å². The Kier molecular flexibility index (Phi) is 1.46. The Bertz CT molecular complexity index is 109. The van der Waals surface area contributed by atoms with Gasteiger partial charge in [-0.3, -0.25) is 0 Å². The van der Waals surface area contributed by atoms with Crippen molar-refractivity contribution in [3.63, 3.8) is 0 Å². The normalized spacial score (nSPS) is 53.4. The van der Waals surface area contributed by atoms with Crippen LogP contribution < -0.4 is 5.73 Å². The van der Waals surface area contributed by atoms with Crippen LogP contribution in [0.15, 0.2) is 0 Å². The first-order valence-electron chi connectivity index (χ1n) is 4.22. The summed E-state index contributed by atoms with van der Waals surface area (Å²) in [5.74, 6) is 1.15. The van der Waals surface area contributed by atoms with Crippen LogP contribution in [0.1, 0.15) is 25.7 Å². The molecular formula is C8H15NO. The van der Waals surface area contributed by atoms with E-state index in [1.807, 2.05) is 0 Å². The van der Waals surface area contributed by atoms with Crippen molar-refractivity contribution in [2.75, 3.05) is 0 Å². The second-order valence-electron chi connectivity index (χ2n) is 3.74. The van der Waals surface area contributed by atoms with Gasteiger partial charge in [-0.25, -0.2) is 0 Å². The molecule has 58 valence electrons. The van der Waals surface area contributed by atoms with Gasteiger partial charge in [-0.2, -0.15) is 0 Å². The Labute approximate surface area is 61.4 Å². The summed E-state index contributed by atoms with van der Waals surface area (Å²) in [6, 6.07) is 0.0903. The van der Waals surface area contributed by atoms with Gasteiger partial charge in [0.15, 0.2) is 0 Å². The molecule has 2 heteroatoms. The molecule has 3 N–H and O–H groups in total. The summed E-state index contributed by atoms with van der Waals surface area (Å²) in [5.41, 5.74) is 5.81. The maximum atomic E-state index is 9.54. The van der Waals surface area contributed by atoms with Crippen LogP contribution in [0, 0.1) is 11.8 Å². The molecule has 3 rings (SSSR count). The smallest absolute Gasteiger partial charge is 0.0721 e. The molecule has 0 spiro atoms. The second-order valence-corrected chi connectivity index (χ2v) is 3.74. The van der Waals surface area contributed by atoms with Gasteiger partial charge in [0.05, 0.1) is 6.10 Å². The highest BCUT2D eigenvalue weighted by atomic mass is 16.3. The van der Waals surface area contributed by atoms with Crippen molar-refractivity contribution in [2.24, 2.45) is 17.6 Å². The van der Waals surface area contributed by atoms with E-state index in [1.165, 1.54) is 25.7 Å². The van der Waals surface area contributed by atoms with Crippen LogP contribution in [-0.4, -0.2) is 17.3 Å². The third kappa shape index (κ3) is 0.789. The maximum absolute atomic E-state index is 9.54. The van der Waals surface area contributed by atoms with E-state index in [1.54, 1.807) is 0 Å². The van der Waals surface area contributed by atoms with Crippen molar-refractivity contribution in [3.05, 3.63) is 0 Å². The predicted molar refractivity (Wildman–Crippen MR) is 39.4 cm³/mol. The van der Waals surface area contributed by atoms with E-state index in [2.05, 4.69) is 0 Å². The Hall–Kier alpha value is -0.0800. The summed E-state index contributed by atoms with van der Waals surface area (Å²) in [6.07, 6.45) is 4.73. The molecule has 2 bridgehead atoms. The molecule has 2 atom stereocenters. The van der Waals surface area contributed by atoms with Gasteiger partial charge in [0.25, 0.3) is 0 Å². The van der Waals surface area contributed by atoms with Gasteiger partial charge in [-0.15, -0.1) is 0 Å². The maximum Gasteiger partial charge on any atom is 0.0721 e. The fraction of sp³-hybridized carbons (Fsp3) is 1.00. The molecule has 0 saturated heterocycles. The first-order chi connectivity index (χ1) is 4.79. The monoisotopic (exact) mass is 141 g/mol. The second kappa shape index (κ2) is 2.21. The zero-order valence-corrected chi connectivity index (χ0v) is 6.16. The Balaban J connectivity index is 2.13. The van der Waals surface area contributed by atoms with Crippen molar-refractivity contribution in [1.82, 2.24) is 0 Å². The molecule has 10 heavy (non-hydrogen) atoms. The van der Waals surface area contributed by atoms with Gasteiger partial charge in [-0.1, -0.05) is 0 Å². The minimum atomic E-state index is -0.188. The van der Waals surface area contributed by atoms with Crippen molar-refractivity contribution >= 4 is 0 Å². The van der Waals surface area contributed by atoms with Gasteiger partial charge in [0.2, 0.25) is 0 Å². The van der Waals surface area contributed by atoms with Gasteiger partial charge in [0, 0.05) is 6.04 Å². The average molecular weight is 141 g/mol. The van der Waals surface area contributed by atoms with E-state index in [9.17, 15) is 5.11 Å². The van der Waals surface area contributed by atoms with Crippen molar-refractivity contribution in [1.29, 1.82) is 0 Å². The average Bonchev–Trinajstić information content (AvgIpc) is 2.00. The highest BCUT2D eigenvalue weighted by molar-refractivity contribution is 4.94. The van der Waals surface area contributed by atoms with Gasteiger partial charge in [0.1, 0.15) is 0 Å². The molecule has 0 aliphatic heterocycles. The third-order valence-corrected chi connectivity index (χ3v) is 3.24. The molecule has 2 unspecified atom stereocenters. The molecule has 3 aliphatic carbocycles. The molecule has 0 amide bonds. The molecule has 3 saturated carbocycles. The number of rotatable bonds is 0. The number of aliphatic hydroxyl groups is 1. The van der Waals surface area contributed by atoms with Crippen LogP contribution in [0.3, 0.4) is 0 Å². The van der Waals surface area contributed by atoms with Gasteiger partial charge >= 0.3 is 0 Å². The van der Waals surface area contributed by atoms with Gasteiger partial charge < -0.3 is 10.8 Å². The lowest BCUT2D eigenvalue weighted by atomic mass is 9.66. The van der Waals surface area contributed by atoms with E-state index in [4.69, 9.17) is 5.73 Å². The molecule has 0 heterocycles. The minimum absolute atomic E-state index is 0.0903. The number of hydrogen-bond acceptors (Lipinski definition) is 2. The highest BCUT2D eigenvalue weighted by Gasteiger charge is 2.40. The zero-order chi connectivity index (χ0) is 7.14.